The Morgan fingerprint density at radius 1 is 1.19 bits per heavy atom. The van der Waals surface area contributed by atoms with E-state index in [2.05, 4.69) is 18.7 Å². The number of carbonyl (C=O) groups is 1. The first-order valence-corrected chi connectivity index (χ1v) is 11.5. The van der Waals surface area contributed by atoms with Gasteiger partial charge in [-0.2, -0.15) is 22.8 Å². The van der Waals surface area contributed by atoms with Gasteiger partial charge in [0.15, 0.2) is 5.65 Å². The molecule has 0 unspecified atom stereocenters. The fourth-order valence-electron chi connectivity index (χ4n) is 5.40. The molecule has 0 bridgehead atoms. The van der Waals surface area contributed by atoms with Gasteiger partial charge in [-0.15, -0.1) is 0 Å². The van der Waals surface area contributed by atoms with E-state index in [1.165, 1.54) is 0 Å². The van der Waals surface area contributed by atoms with E-state index in [1.54, 1.807) is 4.52 Å². The van der Waals surface area contributed by atoms with E-state index in [0.717, 1.165) is 35.7 Å². The van der Waals surface area contributed by atoms with Crippen LogP contribution in [0.3, 0.4) is 0 Å². The Bertz CT molecular complexity index is 993. The maximum absolute atomic E-state index is 13.1. The fraction of sp³-hybridized carbons (Fsp3) is 0.696. The van der Waals surface area contributed by atoms with Gasteiger partial charge in [-0.1, -0.05) is 13.8 Å². The van der Waals surface area contributed by atoms with Crippen LogP contribution in [0.5, 0.6) is 0 Å². The highest BCUT2D eigenvalue weighted by Crippen LogP contribution is 2.43. The molecule has 1 aliphatic carbocycles. The van der Waals surface area contributed by atoms with E-state index in [4.69, 9.17) is 10.1 Å². The molecule has 6 nitrogen and oxygen atoms in total. The molecule has 176 valence electrons. The van der Waals surface area contributed by atoms with Crippen molar-refractivity contribution in [2.75, 3.05) is 18.0 Å². The van der Waals surface area contributed by atoms with E-state index in [1.807, 2.05) is 13.0 Å². The van der Waals surface area contributed by atoms with Crippen LogP contribution in [-0.4, -0.2) is 44.9 Å². The van der Waals surface area contributed by atoms with Crippen molar-refractivity contribution in [1.29, 1.82) is 0 Å². The second kappa shape index (κ2) is 8.56. The summed E-state index contributed by atoms with van der Waals surface area (Å²) in [4.78, 5) is 18.5. The Balaban J connectivity index is 1.71. The van der Waals surface area contributed by atoms with Crippen molar-refractivity contribution in [2.24, 2.45) is 11.8 Å². The summed E-state index contributed by atoms with van der Waals surface area (Å²) < 4.78 is 41.0. The molecule has 0 radical (unpaired) electrons. The van der Waals surface area contributed by atoms with E-state index in [-0.39, 0.29) is 24.7 Å². The molecule has 1 saturated carbocycles. The van der Waals surface area contributed by atoms with Gasteiger partial charge >= 0.3 is 12.1 Å². The number of hydrogen-bond donors (Lipinski definition) is 1. The largest absolute Gasteiger partial charge is 0.481 e. The van der Waals surface area contributed by atoms with E-state index in [9.17, 15) is 23.1 Å². The number of nitrogens with zero attached hydrogens (tertiary/aromatic N) is 4. The highest BCUT2D eigenvalue weighted by molar-refractivity contribution is 5.71. The fourth-order valence-corrected chi connectivity index (χ4v) is 5.40. The number of hydrogen-bond acceptors (Lipinski definition) is 4. The average Bonchev–Trinajstić information content (AvgIpc) is 3.15. The average molecular weight is 453 g/mol. The van der Waals surface area contributed by atoms with Gasteiger partial charge < -0.3 is 10.0 Å². The highest BCUT2D eigenvalue weighted by atomic mass is 19.4. The van der Waals surface area contributed by atoms with Gasteiger partial charge in [0.05, 0.1) is 17.5 Å². The van der Waals surface area contributed by atoms with Crippen LogP contribution in [0.25, 0.3) is 5.65 Å². The van der Waals surface area contributed by atoms with Crippen molar-refractivity contribution < 1.29 is 23.1 Å². The van der Waals surface area contributed by atoms with Crippen molar-refractivity contribution >= 4 is 17.4 Å². The molecule has 2 aromatic rings. The maximum Gasteiger partial charge on any atom is 0.391 e. The van der Waals surface area contributed by atoms with Crippen LogP contribution in [0.1, 0.15) is 81.2 Å². The molecule has 1 saturated heterocycles. The molecule has 32 heavy (non-hydrogen) atoms. The molecule has 2 aliphatic rings. The summed E-state index contributed by atoms with van der Waals surface area (Å²) in [5.41, 5.74) is 3.38. The Labute approximate surface area is 185 Å². The Kier molecular flexibility index (Phi) is 6.11. The third kappa shape index (κ3) is 4.30. The number of alkyl halides is 3. The molecule has 0 spiro atoms. The van der Waals surface area contributed by atoms with Gasteiger partial charge in [0.25, 0.3) is 0 Å². The Morgan fingerprint density at radius 2 is 1.88 bits per heavy atom. The minimum atomic E-state index is -4.13. The van der Waals surface area contributed by atoms with Crippen molar-refractivity contribution in [2.45, 2.75) is 77.3 Å². The molecule has 4 rings (SSSR count). The number of aromatic nitrogens is 3. The van der Waals surface area contributed by atoms with Gasteiger partial charge in [0, 0.05) is 36.3 Å². The lowest BCUT2D eigenvalue weighted by atomic mass is 9.80. The molecule has 2 aromatic heterocycles. The van der Waals surface area contributed by atoms with Crippen LogP contribution in [0.15, 0.2) is 6.07 Å². The minimum Gasteiger partial charge on any atom is -0.481 e. The molecular formula is C23H31F3N4O2. The lowest BCUT2D eigenvalue weighted by molar-refractivity contribution is -0.182. The third-order valence-corrected chi connectivity index (χ3v) is 7.08. The summed E-state index contributed by atoms with van der Waals surface area (Å²) in [6, 6.07) is 1.90. The first-order valence-electron chi connectivity index (χ1n) is 11.5. The topological polar surface area (TPSA) is 70.7 Å². The summed E-state index contributed by atoms with van der Waals surface area (Å²) in [7, 11) is 0. The number of carboxylic acids is 1. The summed E-state index contributed by atoms with van der Waals surface area (Å²) in [5, 5.41) is 14.4. The molecule has 0 amide bonds. The lowest BCUT2D eigenvalue weighted by Gasteiger charge is -2.34. The van der Waals surface area contributed by atoms with Crippen LogP contribution < -0.4 is 4.90 Å². The molecular weight excluding hydrogens is 421 g/mol. The number of carboxylic acid groups (broad SMARTS) is 1. The number of aryl methyl sites for hydroxylation is 1. The normalized spacial score (nSPS) is 25.0. The number of fused-ring (bicyclic) bond motifs is 1. The zero-order valence-corrected chi connectivity index (χ0v) is 18.8. The molecule has 0 aromatic carbocycles. The van der Waals surface area contributed by atoms with Crippen LogP contribution in [0.4, 0.5) is 19.0 Å². The van der Waals surface area contributed by atoms with Gasteiger partial charge in [-0.05, 0) is 51.4 Å². The van der Waals surface area contributed by atoms with Crippen molar-refractivity contribution in [1.82, 2.24) is 14.6 Å². The Hall–Kier alpha value is -2.32. The van der Waals surface area contributed by atoms with Crippen LogP contribution in [0, 0.1) is 18.8 Å². The highest BCUT2D eigenvalue weighted by Gasteiger charge is 2.42. The number of halogens is 3. The number of anilines is 1. The summed E-state index contributed by atoms with van der Waals surface area (Å²) in [5.74, 6) is -1.41. The summed E-state index contributed by atoms with van der Waals surface area (Å²) in [6.07, 6.45) is -1.50. The van der Waals surface area contributed by atoms with E-state index in [0.29, 0.717) is 31.5 Å². The molecule has 1 aliphatic heterocycles. The number of aliphatic carboxylic acids is 1. The molecule has 3 heterocycles. The minimum absolute atomic E-state index is 0.0147. The van der Waals surface area contributed by atoms with Crippen molar-refractivity contribution in [3.05, 3.63) is 23.0 Å². The molecule has 1 N–H and O–H groups in total. The summed E-state index contributed by atoms with van der Waals surface area (Å²) >= 11 is 0. The van der Waals surface area contributed by atoms with E-state index < -0.39 is 24.0 Å². The quantitative estimate of drug-likeness (QED) is 0.682. The Morgan fingerprint density at radius 3 is 2.47 bits per heavy atom. The first kappa shape index (κ1) is 22.9. The van der Waals surface area contributed by atoms with Gasteiger partial charge in [-0.25, -0.2) is 4.98 Å². The number of piperidine rings is 1. The van der Waals surface area contributed by atoms with Gasteiger partial charge in [-0.3, -0.25) is 4.79 Å². The molecule has 9 heteroatoms. The van der Waals surface area contributed by atoms with Crippen LogP contribution >= 0.6 is 0 Å². The van der Waals surface area contributed by atoms with Crippen LogP contribution in [-0.2, 0) is 4.79 Å². The zero-order valence-electron chi connectivity index (χ0n) is 18.8. The number of rotatable bonds is 4. The van der Waals surface area contributed by atoms with E-state index >= 15 is 0 Å². The predicted molar refractivity (Wildman–Crippen MR) is 115 cm³/mol. The first-order chi connectivity index (χ1) is 15.1. The van der Waals surface area contributed by atoms with Crippen molar-refractivity contribution in [3.8, 4) is 0 Å². The smallest absolute Gasteiger partial charge is 0.391 e. The van der Waals surface area contributed by atoms with Gasteiger partial charge in [0.1, 0.15) is 5.82 Å². The molecule has 1 atom stereocenters. The SMILES string of the molecule is Cc1nc2cc([C@H]3CC[C@H](C(F)(F)F)CC3)nn2c(N2CCC[C@@H](C(=O)O)C2)c1C(C)C. The molecule has 2 fully saturated rings. The summed E-state index contributed by atoms with van der Waals surface area (Å²) in [6.45, 7) is 7.29. The zero-order chi connectivity index (χ0) is 23.2. The van der Waals surface area contributed by atoms with Gasteiger partial charge in [0.2, 0.25) is 0 Å². The second-order valence-corrected chi connectivity index (χ2v) is 9.64. The monoisotopic (exact) mass is 452 g/mol. The lowest BCUT2D eigenvalue weighted by Crippen LogP contribution is -2.40. The standard InChI is InChI=1S/C23H31F3N4O2/c1-13(2)20-14(3)27-19-11-18(15-6-8-17(9-7-15)23(24,25)26)28-30(19)21(20)29-10-4-5-16(12-29)22(31)32/h11,13,15-17H,4-10,12H2,1-3H3,(H,31,32)/t15-,16-,17-/m1/s1. The van der Waals surface area contributed by atoms with Crippen molar-refractivity contribution in [3.63, 3.8) is 0 Å². The predicted octanol–water partition coefficient (Wildman–Crippen LogP) is 5.30. The second-order valence-electron chi connectivity index (χ2n) is 9.64. The third-order valence-electron chi connectivity index (χ3n) is 7.08. The maximum atomic E-state index is 13.1. The van der Waals surface area contributed by atoms with Crippen LogP contribution in [0.2, 0.25) is 0 Å².